The molecule has 1 aliphatic heterocycles. The number of hydrogen-bond donors (Lipinski definition) is 1. The zero-order valence-electron chi connectivity index (χ0n) is 10.8. The number of nitrogens with zero attached hydrogens (tertiary/aromatic N) is 3. The molecular weight excluding hydrogens is 309 g/mol. The van der Waals surface area contributed by atoms with E-state index in [2.05, 4.69) is 9.97 Å². The number of epoxide rings is 1. The van der Waals surface area contributed by atoms with E-state index in [0.717, 1.165) is 0 Å². The summed E-state index contributed by atoms with van der Waals surface area (Å²) in [5, 5.41) is 10.1. The molecular formula is C11H13Cl2N3O4. The van der Waals surface area contributed by atoms with E-state index < -0.39 is 5.97 Å². The lowest BCUT2D eigenvalue weighted by atomic mass is 10.3. The number of anilines is 1. The molecule has 0 amide bonds. The fourth-order valence-electron chi connectivity index (χ4n) is 1.48. The first-order valence-corrected chi connectivity index (χ1v) is 6.65. The minimum absolute atomic E-state index is 0.0475. The number of aromatic nitrogens is 2. The van der Waals surface area contributed by atoms with Gasteiger partial charge in [-0.15, -0.1) is 0 Å². The molecule has 1 aromatic heterocycles. The van der Waals surface area contributed by atoms with Crippen LogP contribution in [-0.4, -0.2) is 46.4 Å². The van der Waals surface area contributed by atoms with E-state index in [1.54, 1.807) is 0 Å². The second-order valence-electron chi connectivity index (χ2n) is 4.45. The van der Waals surface area contributed by atoms with Crippen molar-refractivity contribution in [3.05, 3.63) is 16.0 Å². The number of carbonyl (C=O) groups is 1. The van der Waals surface area contributed by atoms with Gasteiger partial charge in [0.05, 0.1) is 12.6 Å². The second-order valence-corrected chi connectivity index (χ2v) is 5.17. The molecule has 1 aromatic rings. The first-order valence-electron chi connectivity index (χ1n) is 5.90. The summed E-state index contributed by atoms with van der Waals surface area (Å²) in [7, 11) is 0. The third-order valence-electron chi connectivity index (χ3n) is 2.49. The minimum Gasteiger partial charge on any atom is -0.476 e. The zero-order chi connectivity index (χ0) is 14.9. The van der Waals surface area contributed by atoms with Gasteiger partial charge in [-0.05, 0) is 25.4 Å². The highest BCUT2D eigenvalue weighted by atomic mass is 35.5. The monoisotopic (exact) mass is 321 g/mol. The van der Waals surface area contributed by atoms with Gasteiger partial charge in [0.25, 0.3) is 0 Å². The molecule has 20 heavy (non-hydrogen) atoms. The normalized spacial score (nSPS) is 17.4. The minimum atomic E-state index is -1.28. The maximum atomic E-state index is 11.1. The summed E-state index contributed by atoms with van der Waals surface area (Å²) in [6.45, 7) is 4.67. The van der Waals surface area contributed by atoms with Crippen molar-refractivity contribution >= 4 is 35.0 Å². The third-order valence-corrected chi connectivity index (χ3v) is 3.01. The van der Waals surface area contributed by atoms with Crippen LogP contribution in [0.3, 0.4) is 0 Å². The van der Waals surface area contributed by atoms with Gasteiger partial charge in [0, 0.05) is 0 Å². The molecule has 0 aromatic carbocycles. The third kappa shape index (κ3) is 3.49. The van der Waals surface area contributed by atoms with Gasteiger partial charge in [0.15, 0.2) is 11.5 Å². The second kappa shape index (κ2) is 6.09. The molecule has 7 nitrogen and oxygen atoms in total. The number of ether oxygens (including phenoxy) is 1. The van der Waals surface area contributed by atoms with Gasteiger partial charge in [0.2, 0.25) is 5.28 Å². The van der Waals surface area contributed by atoms with Gasteiger partial charge < -0.3 is 9.84 Å². The fraction of sp³-hybridized carbons (Fsp3) is 0.545. The Bertz CT molecular complexity index is 523. The maximum Gasteiger partial charge on any atom is 0.356 e. The number of hydrogen-bond acceptors (Lipinski definition) is 6. The lowest BCUT2D eigenvalue weighted by molar-refractivity contribution is 0.0687. The molecule has 0 radical (unpaired) electrons. The Balaban J connectivity index is 2.33. The van der Waals surface area contributed by atoms with Gasteiger partial charge in [0.1, 0.15) is 17.7 Å². The van der Waals surface area contributed by atoms with Crippen LogP contribution in [0.1, 0.15) is 24.3 Å². The Morgan fingerprint density at radius 1 is 1.55 bits per heavy atom. The molecule has 1 atom stereocenters. The van der Waals surface area contributed by atoms with Crippen LogP contribution in [-0.2, 0) is 9.57 Å². The SMILES string of the molecule is CC(C)N(OCC1CO1)c1nc(Cl)nc(C(=O)O)c1Cl. The number of carboxylic acids is 1. The standard InChI is InChI=1S/C11H13Cl2N3O4/c1-5(2)16(20-4-6-3-19-6)9-7(12)8(10(17)18)14-11(13)15-9/h5-6H,3-4H2,1-2H3,(H,17,18). The predicted octanol–water partition coefficient (Wildman–Crippen LogP) is 2.03. The first kappa shape index (κ1) is 15.2. The van der Waals surface area contributed by atoms with Crippen molar-refractivity contribution in [1.29, 1.82) is 0 Å². The highest BCUT2D eigenvalue weighted by Gasteiger charge is 2.28. The molecule has 110 valence electrons. The number of hydroxylamine groups is 1. The number of rotatable bonds is 6. The summed E-state index contributed by atoms with van der Waals surface area (Å²) in [4.78, 5) is 24.2. The molecule has 0 saturated carbocycles. The van der Waals surface area contributed by atoms with Crippen LogP contribution in [0.5, 0.6) is 0 Å². The first-order chi connectivity index (χ1) is 9.40. The zero-order valence-corrected chi connectivity index (χ0v) is 12.4. The highest BCUT2D eigenvalue weighted by Crippen LogP contribution is 2.30. The van der Waals surface area contributed by atoms with Crippen molar-refractivity contribution in [2.24, 2.45) is 0 Å². The van der Waals surface area contributed by atoms with Gasteiger partial charge in [-0.1, -0.05) is 11.6 Å². The van der Waals surface area contributed by atoms with Gasteiger partial charge in [-0.2, -0.15) is 4.98 Å². The van der Waals surface area contributed by atoms with Gasteiger partial charge >= 0.3 is 5.97 Å². The molecule has 1 fully saturated rings. The van der Waals surface area contributed by atoms with Crippen molar-refractivity contribution in [2.75, 3.05) is 18.3 Å². The number of aromatic carboxylic acids is 1. The molecule has 1 aliphatic rings. The van der Waals surface area contributed by atoms with Crippen LogP contribution < -0.4 is 5.06 Å². The van der Waals surface area contributed by atoms with Crippen molar-refractivity contribution in [2.45, 2.75) is 26.0 Å². The molecule has 1 N–H and O–H groups in total. The Morgan fingerprint density at radius 2 is 2.20 bits per heavy atom. The van der Waals surface area contributed by atoms with Crippen molar-refractivity contribution in [3.63, 3.8) is 0 Å². The predicted molar refractivity (Wildman–Crippen MR) is 72.3 cm³/mol. The van der Waals surface area contributed by atoms with Crippen molar-refractivity contribution < 1.29 is 19.5 Å². The van der Waals surface area contributed by atoms with E-state index >= 15 is 0 Å². The number of halogens is 2. The smallest absolute Gasteiger partial charge is 0.356 e. The maximum absolute atomic E-state index is 11.1. The highest BCUT2D eigenvalue weighted by molar-refractivity contribution is 6.36. The number of carboxylic acid groups (broad SMARTS) is 1. The topological polar surface area (TPSA) is 88.1 Å². The lowest BCUT2D eigenvalue weighted by Gasteiger charge is -2.27. The summed E-state index contributed by atoms with van der Waals surface area (Å²) < 4.78 is 5.05. The Morgan fingerprint density at radius 3 is 2.70 bits per heavy atom. The molecule has 0 bridgehead atoms. The summed E-state index contributed by atoms with van der Waals surface area (Å²) in [5.74, 6) is -1.16. The summed E-state index contributed by atoms with van der Waals surface area (Å²) in [6, 6.07) is -0.126. The molecule has 1 unspecified atom stereocenters. The van der Waals surface area contributed by atoms with Crippen molar-refractivity contribution in [1.82, 2.24) is 9.97 Å². The van der Waals surface area contributed by atoms with E-state index in [1.807, 2.05) is 13.8 Å². The van der Waals surface area contributed by atoms with Gasteiger partial charge in [-0.3, -0.25) is 4.84 Å². The summed E-state index contributed by atoms with van der Waals surface area (Å²) in [6.07, 6.45) is 0.0475. The Kier molecular flexibility index (Phi) is 4.64. The molecule has 9 heteroatoms. The van der Waals surface area contributed by atoms with Crippen molar-refractivity contribution in [3.8, 4) is 0 Å². The lowest BCUT2D eigenvalue weighted by Crippen LogP contribution is -2.34. The van der Waals surface area contributed by atoms with Crippen LogP contribution in [0.15, 0.2) is 0 Å². The molecule has 2 heterocycles. The Hall–Kier alpha value is -1.15. The van der Waals surface area contributed by atoms with E-state index in [1.165, 1.54) is 5.06 Å². The van der Waals surface area contributed by atoms with E-state index in [-0.39, 0.29) is 34.0 Å². The molecule has 0 aliphatic carbocycles. The average Bonchev–Trinajstić information content (AvgIpc) is 3.16. The Labute approximate surface area is 125 Å². The van der Waals surface area contributed by atoms with E-state index in [0.29, 0.717) is 13.2 Å². The summed E-state index contributed by atoms with van der Waals surface area (Å²) in [5.41, 5.74) is -0.362. The largest absolute Gasteiger partial charge is 0.476 e. The molecule has 2 rings (SSSR count). The van der Waals surface area contributed by atoms with Crippen LogP contribution in [0.25, 0.3) is 0 Å². The van der Waals surface area contributed by atoms with E-state index in [4.69, 9.17) is 37.9 Å². The van der Waals surface area contributed by atoms with Gasteiger partial charge in [-0.25, -0.2) is 14.8 Å². The molecule has 1 saturated heterocycles. The average molecular weight is 322 g/mol. The van der Waals surface area contributed by atoms with Crippen LogP contribution in [0.2, 0.25) is 10.3 Å². The molecule has 0 spiro atoms. The summed E-state index contributed by atoms with van der Waals surface area (Å²) >= 11 is 11.8. The van der Waals surface area contributed by atoms with Crippen LogP contribution >= 0.6 is 23.2 Å². The van der Waals surface area contributed by atoms with E-state index in [9.17, 15) is 4.79 Å². The quantitative estimate of drug-likeness (QED) is 0.487. The van der Waals surface area contributed by atoms with Crippen LogP contribution in [0, 0.1) is 0 Å². The van der Waals surface area contributed by atoms with Crippen LogP contribution in [0.4, 0.5) is 5.82 Å². The fourth-order valence-corrected chi connectivity index (χ4v) is 1.89.